The Morgan fingerprint density at radius 2 is 1.89 bits per heavy atom. The number of nitrogens with zero attached hydrogens (tertiary/aromatic N) is 5. The molecule has 1 aliphatic rings. The Morgan fingerprint density at radius 3 is 2.74 bits per heavy atom. The van der Waals surface area contributed by atoms with E-state index in [-0.39, 0.29) is 6.61 Å². The molecule has 0 atom stereocenters. The zero-order valence-electron chi connectivity index (χ0n) is 15.0. The van der Waals surface area contributed by atoms with Crippen LogP contribution in [0.2, 0.25) is 0 Å². The van der Waals surface area contributed by atoms with Gasteiger partial charge in [0, 0.05) is 29.8 Å². The number of imidazole rings is 1. The van der Waals surface area contributed by atoms with Crippen LogP contribution in [0.25, 0.3) is 33.5 Å². The summed E-state index contributed by atoms with van der Waals surface area (Å²) in [5.41, 5.74) is 4.34. The highest BCUT2D eigenvalue weighted by molar-refractivity contribution is 5.93. The molecule has 0 radical (unpaired) electrons. The molecule has 1 N–H and O–H groups in total. The molecule has 1 fully saturated rings. The van der Waals surface area contributed by atoms with Gasteiger partial charge in [0.05, 0.1) is 23.7 Å². The van der Waals surface area contributed by atoms with Crippen molar-refractivity contribution < 1.29 is 5.11 Å². The second-order valence-corrected chi connectivity index (χ2v) is 7.29. The minimum atomic E-state index is 0.288. The van der Waals surface area contributed by atoms with Gasteiger partial charge < -0.3 is 9.67 Å². The third-order valence-electron chi connectivity index (χ3n) is 5.67. The number of rotatable bonds is 3. The number of hydrogen-bond donors (Lipinski definition) is 1. The van der Waals surface area contributed by atoms with Crippen LogP contribution < -0.4 is 0 Å². The van der Waals surface area contributed by atoms with E-state index in [4.69, 9.17) is 4.98 Å². The summed E-state index contributed by atoms with van der Waals surface area (Å²) in [5, 5.41) is 10.5. The maximum absolute atomic E-state index is 9.38. The van der Waals surface area contributed by atoms with Gasteiger partial charge in [-0.1, -0.05) is 18.2 Å². The molecular weight excluding hydrogens is 338 g/mol. The van der Waals surface area contributed by atoms with Gasteiger partial charge in [0.15, 0.2) is 11.3 Å². The highest BCUT2D eigenvalue weighted by Crippen LogP contribution is 2.34. The molecule has 136 valence electrons. The lowest BCUT2D eigenvalue weighted by atomic mass is 9.86. The Balaban J connectivity index is 1.57. The van der Waals surface area contributed by atoms with E-state index in [2.05, 4.69) is 31.7 Å². The van der Waals surface area contributed by atoms with E-state index < -0.39 is 0 Å². The maximum Gasteiger partial charge on any atom is 0.197 e. The third kappa shape index (κ3) is 2.86. The van der Waals surface area contributed by atoms with E-state index in [1.165, 1.54) is 0 Å². The summed E-state index contributed by atoms with van der Waals surface area (Å²) < 4.78 is 2.17. The molecule has 0 saturated heterocycles. The summed E-state index contributed by atoms with van der Waals surface area (Å²) in [6.45, 7) is 0.288. The van der Waals surface area contributed by atoms with Crippen LogP contribution in [0.15, 0.2) is 49.1 Å². The Bertz CT molecular complexity index is 1090. The number of aromatic nitrogens is 5. The molecule has 0 unspecified atom stereocenters. The normalized spacial score (nSPS) is 20.3. The van der Waals surface area contributed by atoms with Crippen LogP contribution in [-0.2, 0) is 0 Å². The lowest BCUT2D eigenvalue weighted by Gasteiger charge is -2.28. The summed E-state index contributed by atoms with van der Waals surface area (Å²) in [6, 6.07) is 10.5. The van der Waals surface area contributed by atoms with E-state index in [9.17, 15) is 5.11 Å². The molecule has 1 saturated carbocycles. The molecule has 6 heteroatoms. The largest absolute Gasteiger partial charge is 0.396 e. The van der Waals surface area contributed by atoms with Crippen molar-refractivity contribution in [2.75, 3.05) is 6.61 Å². The minimum absolute atomic E-state index is 0.288. The summed E-state index contributed by atoms with van der Waals surface area (Å²) in [5.74, 6) is 0.431. The quantitative estimate of drug-likeness (QED) is 0.603. The first-order valence-corrected chi connectivity index (χ1v) is 9.48. The van der Waals surface area contributed by atoms with Crippen LogP contribution in [0, 0.1) is 5.92 Å². The van der Waals surface area contributed by atoms with E-state index in [1.54, 1.807) is 12.4 Å². The average Bonchev–Trinajstić information content (AvgIpc) is 3.16. The van der Waals surface area contributed by atoms with Gasteiger partial charge in [-0.15, -0.1) is 0 Å². The zero-order valence-corrected chi connectivity index (χ0v) is 15.0. The molecule has 1 aromatic carbocycles. The van der Waals surface area contributed by atoms with Crippen molar-refractivity contribution in [3.05, 3.63) is 49.1 Å². The fraction of sp³-hybridized carbons (Fsp3) is 0.333. The molecule has 4 aromatic rings. The van der Waals surface area contributed by atoms with Crippen molar-refractivity contribution in [1.82, 2.24) is 24.5 Å². The van der Waals surface area contributed by atoms with Crippen LogP contribution in [0.5, 0.6) is 0 Å². The summed E-state index contributed by atoms with van der Waals surface area (Å²) >= 11 is 0. The minimum Gasteiger partial charge on any atom is -0.396 e. The number of aliphatic hydroxyl groups excluding tert-OH is 1. The molecule has 0 aliphatic heterocycles. The van der Waals surface area contributed by atoms with Gasteiger partial charge in [0.25, 0.3) is 0 Å². The van der Waals surface area contributed by atoms with Crippen molar-refractivity contribution >= 4 is 22.2 Å². The standard InChI is InChI=1S/C21H21N5O/c27-12-14-6-8-15(9-7-14)26-13-24-20-21(26)25-19(11-23-20)17-3-1-5-18-16(17)4-2-10-22-18/h1-5,10-11,13-15,27H,6-9,12H2/t14-,15-. The molecule has 3 aromatic heterocycles. The predicted octanol–water partition coefficient (Wildman–Crippen LogP) is 3.77. The molecule has 1 aliphatic carbocycles. The third-order valence-corrected chi connectivity index (χ3v) is 5.67. The Kier molecular flexibility index (Phi) is 4.05. The fourth-order valence-electron chi connectivity index (χ4n) is 4.14. The lowest BCUT2D eigenvalue weighted by molar-refractivity contribution is 0.169. The first-order valence-electron chi connectivity index (χ1n) is 9.48. The Morgan fingerprint density at radius 1 is 1.00 bits per heavy atom. The first-order chi connectivity index (χ1) is 13.3. The van der Waals surface area contributed by atoms with Gasteiger partial charge in [0.1, 0.15) is 0 Å². The summed E-state index contributed by atoms with van der Waals surface area (Å²) in [7, 11) is 0. The van der Waals surface area contributed by atoms with Crippen LogP contribution >= 0.6 is 0 Å². The molecule has 0 spiro atoms. The first kappa shape index (κ1) is 16.3. The SMILES string of the molecule is OC[C@H]1CC[C@H](n2cnc3ncc(-c4cccc5ncccc45)nc32)CC1. The van der Waals surface area contributed by atoms with Crippen molar-refractivity contribution in [3.63, 3.8) is 0 Å². The Hall–Kier alpha value is -2.86. The van der Waals surface area contributed by atoms with Crippen LogP contribution in [0.4, 0.5) is 0 Å². The summed E-state index contributed by atoms with van der Waals surface area (Å²) in [6.07, 6.45) is 9.64. The van der Waals surface area contributed by atoms with Crippen LogP contribution in [0.3, 0.4) is 0 Å². The van der Waals surface area contributed by atoms with Crippen LogP contribution in [0.1, 0.15) is 31.7 Å². The van der Waals surface area contributed by atoms with E-state index in [0.717, 1.165) is 53.5 Å². The molecule has 0 bridgehead atoms. The second-order valence-electron chi connectivity index (χ2n) is 7.29. The number of pyridine rings is 1. The molecule has 0 amide bonds. The van der Waals surface area contributed by atoms with Gasteiger partial charge in [-0.3, -0.25) is 4.98 Å². The van der Waals surface area contributed by atoms with Crippen molar-refractivity contribution in [2.45, 2.75) is 31.7 Å². The van der Waals surface area contributed by atoms with Gasteiger partial charge in [-0.05, 0) is 43.7 Å². The molecule has 3 heterocycles. The van der Waals surface area contributed by atoms with Gasteiger partial charge in [-0.2, -0.15) is 0 Å². The number of fused-ring (bicyclic) bond motifs is 2. The van der Waals surface area contributed by atoms with Gasteiger partial charge in [0.2, 0.25) is 0 Å². The topological polar surface area (TPSA) is 76.7 Å². The highest BCUT2D eigenvalue weighted by Gasteiger charge is 2.24. The Labute approximate surface area is 156 Å². The monoisotopic (exact) mass is 359 g/mol. The smallest absolute Gasteiger partial charge is 0.197 e. The van der Waals surface area contributed by atoms with Crippen LogP contribution in [-0.4, -0.2) is 36.2 Å². The molecule has 5 rings (SSSR count). The number of benzene rings is 1. The molecular formula is C21H21N5O. The van der Waals surface area contributed by atoms with Gasteiger partial charge >= 0.3 is 0 Å². The number of aliphatic hydroxyl groups is 1. The predicted molar refractivity (Wildman–Crippen MR) is 104 cm³/mol. The molecule has 6 nitrogen and oxygen atoms in total. The maximum atomic E-state index is 9.38. The van der Waals surface area contributed by atoms with Crippen molar-refractivity contribution in [2.24, 2.45) is 5.92 Å². The second kappa shape index (κ2) is 6.70. The lowest BCUT2D eigenvalue weighted by Crippen LogP contribution is -2.20. The van der Waals surface area contributed by atoms with E-state index in [0.29, 0.717) is 17.6 Å². The fourth-order valence-corrected chi connectivity index (χ4v) is 4.14. The van der Waals surface area contributed by atoms with Crippen molar-refractivity contribution in [3.8, 4) is 11.3 Å². The molecule has 27 heavy (non-hydrogen) atoms. The summed E-state index contributed by atoms with van der Waals surface area (Å²) in [4.78, 5) is 18.4. The zero-order chi connectivity index (χ0) is 18.2. The van der Waals surface area contributed by atoms with Gasteiger partial charge in [-0.25, -0.2) is 15.0 Å². The highest BCUT2D eigenvalue weighted by atomic mass is 16.3. The number of hydrogen-bond acceptors (Lipinski definition) is 5. The van der Waals surface area contributed by atoms with Crippen molar-refractivity contribution in [1.29, 1.82) is 0 Å². The van der Waals surface area contributed by atoms with E-state index in [1.807, 2.05) is 24.5 Å². The van der Waals surface area contributed by atoms with E-state index >= 15 is 0 Å². The average molecular weight is 359 g/mol.